The van der Waals surface area contributed by atoms with E-state index in [-0.39, 0.29) is 6.04 Å². The van der Waals surface area contributed by atoms with Crippen molar-refractivity contribution in [2.75, 3.05) is 0 Å². The molecular formula is C13H13N5O. The first-order chi connectivity index (χ1) is 9.22. The van der Waals surface area contributed by atoms with Crippen LogP contribution in [0.1, 0.15) is 12.7 Å². The van der Waals surface area contributed by atoms with Gasteiger partial charge in [0.2, 0.25) is 0 Å². The highest BCUT2D eigenvalue weighted by Gasteiger charge is 2.11. The van der Waals surface area contributed by atoms with Gasteiger partial charge in [0.15, 0.2) is 5.82 Å². The monoisotopic (exact) mass is 255 g/mol. The Morgan fingerprint density at radius 1 is 1.21 bits per heavy atom. The van der Waals surface area contributed by atoms with Crippen LogP contribution in [0, 0.1) is 0 Å². The Kier molecular flexibility index (Phi) is 2.92. The number of aromatic nitrogens is 4. The predicted octanol–water partition coefficient (Wildman–Crippen LogP) is 1.57. The van der Waals surface area contributed by atoms with Crippen LogP contribution in [0.5, 0.6) is 0 Å². The highest BCUT2D eigenvalue weighted by molar-refractivity contribution is 5.79. The van der Waals surface area contributed by atoms with Crippen LogP contribution in [0.15, 0.2) is 35.1 Å². The quantitative estimate of drug-likeness (QED) is 0.763. The molecule has 0 aliphatic carbocycles. The van der Waals surface area contributed by atoms with E-state index in [0.29, 0.717) is 18.1 Å². The number of fused-ring (bicyclic) bond motifs is 1. The molecule has 0 spiro atoms. The van der Waals surface area contributed by atoms with Crippen molar-refractivity contribution in [3.63, 3.8) is 0 Å². The third-order valence-corrected chi connectivity index (χ3v) is 2.69. The van der Waals surface area contributed by atoms with E-state index < -0.39 is 0 Å². The lowest BCUT2D eigenvalue weighted by atomic mass is 10.2. The second-order valence-corrected chi connectivity index (χ2v) is 4.46. The summed E-state index contributed by atoms with van der Waals surface area (Å²) in [4.78, 5) is 12.8. The van der Waals surface area contributed by atoms with E-state index in [0.717, 1.165) is 16.6 Å². The minimum absolute atomic E-state index is 0.00733. The van der Waals surface area contributed by atoms with Gasteiger partial charge in [0.25, 0.3) is 5.89 Å². The Labute approximate surface area is 109 Å². The molecule has 0 saturated carbocycles. The maximum Gasteiger partial charge on any atom is 0.257 e. The molecule has 2 aromatic heterocycles. The lowest BCUT2D eigenvalue weighted by Crippen LogP contribution is -2.18. The lowest BCUT2D eigenvalue weighted by Gasteiger charge is -1.98. The second-order valence-electron chi connectivity index (χ2n) is 4.46. The molecule has 0 fully saturated rings. The van der Waals surface area contributed by atoms with Crippen molar-refractivity contribution in [3.05, 3.63) is 36.4 Å². The topological polar surface area (TPSA) is 90.7 Å². The first-order valence-electron chi connectivity index (χ1n) is 6.01. The highest BCUT2D eigenvalue weighted by Crippen LogP contribution is 2.21. The van der Waals surface area contributed by atoms with E-state index in [9.17, 15) is 0 Å². The molecule has 0 radical (unpaired) electrons. The second kappa shape index (κ2) is 4.74. The van der Waals surface area contributed by atoms with Gasteiger partial charge in [-0.25, -0.2) is 0 Å². The Morgan fingerprint density at radius 3 is 2.79 bits per heavy atom. The van der Waals surface area contributed by atoms with Crippen LogP contribution in [0.2, 0.25) is 0 Å². The van der Waals surface area contributed by atoms with Crippen LogP contribution in [-0.4, -0.2) is 26.2 Å². The first-order valence-corrected chi connectivity index (χ1v) is 6.01. The molecule has 0 amide bonds. The summed E-state index contributed by atoms with van der Waals surface area (Å²) in [7, 11) is 0. The van der Waals surface area contributed by atoms with Gasteiger partial charge >= 0.3 is 0 Å². The van der Waals surface area contributed by atoms with Crippen molar-refractivity contribution >= 4 is 11.0 Å². The lowest BCUT2D eigenvalue weighted by molar-refractivity contribution is 0.420. The summed E-state index contributed by atoms with van der Waals surface area (Å²) < 4.78 is 5.24. The van der Waals surface area contributed by atoms with Crippen molar-refractivity contribution in [2.24, 2.45) is 5.73 Å². The molecule has 2 N–H and O–H groups in total. The van der Waals surface area contributed by atoms with E-state index in [1.54, 1.807) is 12.4 Å². The number of rotatable bonds is 3. The minimum atomic E-state index is 0.00733. The van der Waals surface area contributed by atoms with Crippen molar-refractivity contribution in [3.8, 4) is 11.5 Å². The molecule has 6 heteroatoms. The van der Waals surface area contributed by atoms with Gasteiger partial charge in [-0.1, -0.05) is 5.16 Å². The van der Waals surface area contributed by atoms with Gasteiger partial charge in [-0.2, -0.15) is 4.98 Å². The van der Waals surface area contributed by atoms with Crippen molar-refractivity contribution in [1.29, 1.82) is 0 Å². The third-order valence-electron chi connectivity index (χ3n) is 2.69. The van der Waals surface area contributed by atoms with Crippen LogP contribution >= 0.6 is 0 Å². The van der Waals surface area contributed by atoms with Gasteiger partial charge in [0.1, 0.15) is 0 Å². The molecule has 96 valence electrons. The highest BCUT2D eigenvalue weighted by atomic mass is 16.5. The van der Waals surface area contributed by atoms with Gasteiger partial charge in [-0.15, -0.1) is 0 Å². The Morgan fingerprint density at radius 2 is 2.00 bits per heavy atom. The Hall–Kier alpha value is -2.34. The molecule has 1 unspecified atom stereocenters. The van der Waals surface area contributed by atoms with Crippen LogP contribution < -0.4 is 5.73 Å². The zero-order chi connectivity index (χ0) is 13.2. The zero-order valence-electron chi connectivity index (χ0n) is 10.4. The summed E-state index contributed by atoms with van der Waals surface area (Å²) in [5, 5.41) is 3.91. The van der Waals surface area contributed by atoms with E-state index in [1.165, 1.54) is 0 Å². The fourth-order valence-electron chi connectivity index (χ4n) is 1.84. The molecule has 1 atom stereocenters. The molecule has 3 rings (SSSR count). The molecule has 0 aliphatic heterocycles. The van der Waals surface area contributed by atoms with Crippen LogP contribution in [0.4, 0.5) is 0 Å². The normalized spacial score (nSPS) is 12.7. The van der Waals surface area contributed by atoms with Crippen LogP contribution in [0.3, 0.4) is 0 Å². The molecule has 1 aromatic carbocycles. The molecule has 2 heterocycles. The zero-order valence-corrected chi connectivity index (χ0v) is 10.4. The number of hydrogen-bond donors (Lipinski definition) is 1. The number of nitrogens with two attached hydrogens (primary N) is 1. The molecule has 19 heavy (non-hydrogen) atoms. The summed E-state index contributed by atoms with van der Waals surface area (Å²) in [6, 6.07) is 5.66. The smallest absolute Gasteiger partial charge is 0.257 e. The summed E-state index contributed by atoms with van der Waals surface area (Å²) in [5.74, 6) is 1.09. The molecule has 0 saturated heterocycles. The Balaban J connectivity index is 1.97. The summed E-state index contributed by atoms with van der Waals surface area (Å²) >= 11 is 0. The first kappa shape index (κ1) is 11.7. The van der Waals surface area contributed by atoms with Crippen molar-refractivity contribution in [1.82, 2.24) is 20.1 Å². The van der Waals surface area contributed by atoms with Crippen molar-refractivity contribution in [2.45, 2.75) is 19.4 Å². The largest absolute Gasteiger partial charge is 0.334 e. The van der Waals surface area contributed by atoms with E-state index in [4.69, 9.17) is 10.3 Å². The average Bonchev–Trinajstić information content (AvgIpc) is 2.86. The van der Waals surface area contributed by atoms with Gasteiger partial charge in [0.05, 0.1) is 11.0 Å². The minimum Gasteiger partial charge on any atom is -0.334 e. The number of benzene rings is 1. The molecular weight excluding hydrogens is 242 g/mol. The van der Waals surface area contributed by atoms with Gasteiger partial charge in [-0.05, 0) is 25.1 Å². The SMILES string of the molecule is CC(N)Cc1noc(-c2ccc3nccnc3c2)n1. The Bertz CT molecular complexity index is 707. The van der Waals surface area contributed by atoms with E-state index in [1.807, 2.05) is 25.1 Å². The maximum atomic E-state index is 5.71. The fourth-order valence-corrected chi connectivity index (χ4v) is 1.84. The number of hydrogen-bond acceptors (Lipinski definition) is 6. The van der Waals surface area contributed by atoms with Gasteiger partial charge in [-0.3, -0.25) is 9.97 Å². The van der Waals surface area contributed by atoms with Crippen molar-refractivity contribution < 1.29 is 4.52 Å². The third kappa shape index (κ3) is 2.43. The molecule has 6 nitrogen and oxygen atoms in total. The summed E-state index contributed by atoms with van der Waals surface area (Å²) in [6.45, 7) is 1.90. The fraction of sp³-hybridized carbons (Fsp3) is 0.231. The summed E-state index contributed by atoms with van der Waals surface area (Å²) in [6.07, 6.45) is 3.91. The van der Waals surface area contributed by atoms with E-state index >= 15 is 0 Å². The average molecular weight is 255 g/mol. The number of nitrogens with zero attached hydrogens (tertiary/aromatic N) is 4. The molecule has 3 aromatic rings. The van der Waals surface area contributed by atoms with Crippen LogP contribution in [-0.2, 0) is 6.42 Å². The summed E-state index contributed by atoms with van der Waals surface area (Å²) in [5.41, 5.74) is 8.17. The van der Waals surface area contributed by atoms with Gasteiger partial charge < -0.3 is 10.3 Å². The maximum absolute atomic E-state index is 5.71. The van der Waals surface area contributed by atoms with E-state index in [2.05, 4.69) is 20.1 Å². The molecule has 0 bridgehead atoms. The molecule has 0 aliphatic rings. The van der Waals surface area contributed by atoms with Crippen LogP contribution in [0.25, 0.3) is 22.5 Å². The standard InChI is InChI=1S/C13H13N5O/c1-8(14)6-12-17-13(19-18-12)9-2-3-10-11(7-9)16-5-4-15-10/h2-5,7-8H,6,14H2,1H3. The predicted molar refractivity (Wildman–Crippen MR) is 70.2 cm³/mol. The van der Waals surface area contributed by atoms with Gasteiger partial charge in [0, 0.05) is 30.4 Å².